The minimum absolute atomic E-state index is 0.119. The maximum absolute atomic E-state index is 13.4. The van der Waals surface area contributed by atoms with Gasteiger partial charge in [-0.25, -0.2) is 4.98 Å². The normalized spacial score (nSPS) is 18.4. The molecule has 0 radical (unpaired) electrons. The lowest BCUT2D eigenvalue weighted by Crippen LogP contribution is -2.47. The van der Waals surface area contributed by atoms with Crippen molar-refractivity contribution in [1.82, 2.24) is 39.8 Å². The molecule has 3 amide bonds. The summed E-state index contributed by atoms with van der Waals surface area (Å²) >= 11 is 7.93. The summed E-state index contributed by atoms with van der Waals surface area (Å²) in [7, 11) is 0. The van der Waals surface area contributed by atoms with Crippen LogP contribution < -0.4 is 15.5 Å². The minimum atomic E-state index is -0.534. The number of amides is 3. The van der Waals surface area contributed by atoms with E-state index in [-0.39, 0.29) is 24.1 Å². The van der Waals surface area contributed by atoms with Crippen LogP contribution in [0.15, 0.2) is 65.8 Å². The molecule has 16 heteroatoms. The molecule has 1 unspecified atom stereocenters. The number of aromatic nitrogens is 5. The highest BCUT2D eigenvalue weighted by atomic mass is 35.5. The molecule has 0 aliphatic carbocycles. The Morgan fingerprint density at radius 3 is 2.61 bits per heavy atom. The van der Waals surface area contributed by atoms with E-state index in [1.165, 1.54) is 4.88 Å². The van der Waals surface area contributed by atoms with E-state index < -0.39 is 12.1 Å². The van der Waals surface area contributed by atoms with Crippen LogP contribution in [0.2, 0.25) is 5.02 Å². The predicted molar refractivity (Wildman–Crippen MR) is 229 cm³/mol. The van der Waals surface area contributed by atoms with E-state index in [0.29, 0.717) is 43.4 Å². The number of piperazine rings is 1. The maximum atomic E-state index is 13.4. The Balaban J connectivity index is 0.792. The van der Waals surface area contributed by atoms with Gasteiger partial charge in [0.05, 0.1) is 30.9 Å². The molecule has 0 saturated carbocycles. The van der Waals surface area contributed by atoms with Crippen molar-refractivity contribution in [1.29, 1.82) is 0 Å². The third-order valence-corrected chi connectivity index (χ3v) is 13.1. The number of ether oxygens (including phenoxy) is 1. The first-order valence-corrected chi connectivity index (χ1v) is 21.2. The number of hydrogen-bond acceptors (Lipinski definition) is 11. The molecule has 14 nitrogen and oxygen atoms in total. The zero-order valence-corrected chi connectivity index (χ0v) is 34.8. The molecule has 2 N–H and O–H groups in total. The zero-order valence-electron chi connectivity index (χ0n) is 33.2. The van der Waals surface area contributed by atoms with Crippen molar-refractivity contribution >= 4 is 74.0 Å². The fourth-order valence-corrected chi connectivity index (χ4v) is 9.90. The first-order valence-electron chi connectivity index (χ1n) is 20.1. The first kappa shape index (κ1) is 39.0. The van der Waals surface area contributed by atoms with E-state index in [4.69, 9.17) is 26.3 Å². The lowest BCUT2D eigenvalue weighted by atomic mass is 9.99. The summed E-state index contributed by atoms with van der Waals surface area (Å²) in [5.74, 6) is 0.744. The molecule has 59 heavy (non-hydrogen) atoms. The van der Waals surface area contributed by atoms with E-state index in [0.717, 1.165) is 93.6 Å². The van der Waals surface area contributed by atoms with Crippen molar-refractivity contribution in [3.8, 4) is 5.00 Å². The topological polar surface area (TPSA) is 152 Å². The predicted octanol–water partition coefficient (Wildman–Crippen LogP) is 5.63. The van der Waals surface area contributed by atoms with Gasteiger partial charge < -0.3 is 19.5 Å². The van der Waals surface area contributed by atoms with Gasteiger partial charge in [0.2, 0.25) is 17.7 Å². The number of halogens is 1. The Morgan fingerprint density at radius 2 is 1.81 bits per heavy atom. The molecule has 4 aromatic heterocycles. The second kappa shape index (κ2) is 16.3. The lowest BCUT2D eigenvalue weighted by Gasteiger charge is -2.36. The Bertz CT molecular complexity index is 2620. The van der Waals surface area contributed by atoms with Crippen LogP contribution in [0.1, 0.15) is 64.6 Å². The minimum Gasteiger partial charge on any atom is -0.378 e. The highest BCUT2D eigenvalue weighted by Gasteiger charge is 2.34. The lowest BCUT2D eigenvalue weighted by molar-refractivity contribution is -0.135. The molecule has 7 heterocycles. The molecule has 0 spiro atoms. The van der Waals surface area contributed by atoms with Gasteiger partial charge in [-0.1, -0.05) is 29.8 Å². The zero-order chi connectivity index (χ0) is 40.8. The standard InChI is InChI=1S/C43H45ClN10O4S/c1-25-26(2)59-43-37(25)39(28-9-11-29(44)12-10-28)47-31(41-50-49-27(3)53(41)43)24-36(56)45-16-22-58-23-21-51-17-19-52(20-18-51)32-7-4-8-33-38(32)30-6-5-15-46-40(30)54(33)34-13-14-35(55)48-42(34)57/h4-12,15,31,34H,13-14,16-24H2,1-3H3,(H,45,56)(H,48,55,57)/t31-,34?/m0/s1. The number of aryl methyl sites for hydroxylation is 2. The van der Waals surface area contributed by atoms with Crippen molar-refractivity contribution in [2.24, 2.45) is 4.99 Å². The molecule has 0 bridgehead atoms. The van der Waals surface area contributed by atoms with Gasteiger partial charge in [0.25, 0.3) is 0 Å². The van der Waals surface area contributed by atoms with Gasteiger partial charge in [0.1, 0.15) is 28.6 Å². The average molecular weight is 833 g/mol. The highest BCUT2D eigenvalue weighted by Crippen LogP contribution is 2.41. The highest BCUT2D eigenvalue weighted by molar-refractivity contribution is 7.15. The largest absolute Gasteiger partial charge is 0.378 e. The summed E-state index contributed by atoms with van der Waals surface area (Å²) < 4.78 is 10.0. The number of imide groups is 1. The van der Waals surface area contributed by atoms with Gasteiger partial charge >= 0.3 is 0 Å². The number of aliphatic imine (C=N–C) groups is 1. The molecular weight excluding hydrogens is 788 g/mol. The summed E-state index contributed by atoms with van der Waals surface area (Å²) in [6, 6.07) is 16.8. The Hall–Kier alpha value is -5.48. The number of pyridine rings is 1. The third-order valence-electron chi connectivity index (χ3n) is 11.7. The molecule has 2 saturated heterocycles. The van der Waals surface area contributed by atoms with Gasteiger partial charge in [0.15, 0.2) is 5.82 Å². The molecule has 9 rings (SSSR count). The van der Waals surface area contributed by atoms with Crippen LogP contribution in [0.4, 0.5) is 5.69 Å². The van der Waals surface area contributed by atoms with Crippen LogP contribution in [-0.2, 0) is 19.1 Å². The van der Waals surface area contributed by atoms with Gasteiger partial charge in [-0.15, -0.1) is 21.5 Å². The smallest absolute Gasteiger partial charge is 0.249 e. The number of fused-ring (bicyclic) bond motifs is 6. The SMILES string of the molecule is Cc1sc2c(c1C)C(c1ccc(Cl)cc1)=N[C@@H](CC(=O)NCCOCCN1CCN(c3cccc4c3c3cccnc3n4C3CCC(=O)NC3=O)CC1)c1nnc(C)n1-2. The fourth-order valence-electron chi connectivity index (χ4n) is 8.56. The number of carbonyl (C=O) groups excluding carboxylic acids is 3. The molecule has 2 aromatic carbocycles. The van der Waals surface area contributed by atoms with Crippen LogP contribution in [0, 0.1) is 20.8 Å². The Labute approximate surface area is 350 Å². The number of piperidine rings is 1. The van der Waals surface area contributed by atoms with Crippen LogP contribution in [0.3, 0.4) is 0 Å². The molecular formula is C43H45ClN10O4S. The number of thiophene rings is 1. The van der Waals surface area contributed by atoms with Crippen molar-refractivity contribution in [3.05, 3.63) is 99.0 Å². The third kappa shape index (κ3) is 7.41. The van der Waals surface area contributed by atoms with Crippen LogP contribution in [-0.4, -0.2) is 105 Å². The van der Waals surface area contributed by atoms with E-state index in [2.05, 4.69) is 56.6 Å². The summed E-state index contributed by atoms with van der Waals surface area (Å²) in [4.78, 5) is 54.2. The number of hydrogen-bond donors (Lipinski definition) is 2. The molecule has 304 valence electrons. The quantitative estimate of drug-likeness (QED) is 0.125. The van der Waals surface area contributed by atoms with E-state index in [1.54, 1.807) is 17.5 Å². The number of anilines is 1. The molecule has 3 aliphatic rings. The molecule has 2 fully saturated rings. The first-order chi connectivity index (χ1) is 28.7. The van der Waals surface area contributed by atoms with E-state index >= 15 is 0 Å². The summed E-state index contributed by atoms with van der Waals surface area (Å²) in [5.41, 5.74) is 6.73. The number of nitrogens with one attached hydrogen (secondary N) is 2. The number of carbonyl (C=O) groups is 3. The van der Waals surface area contributed by atoms with Gasteiger partial charge in [-0.05, 0) is 69.2 Å². The van der Waals surface area contributed by atoms with Crippen LogP contribution >= 0.6 is 22.9 Å². The second-order valence-electron chi connectivity index (χ2n) is 15.3. The molecule has 6 aromatic rings. The summed E-state index contributed by atoms with van der Waals surface area (Å²) in [5, 5.41) is 18.2. The monoisotopic (exact) mass is 832 g/mol. The van der Waals surface area contributed by atoms with E-state index in [1.807, 2.05) is 58.5 Å². The van der Waals surface area contributed by atoms with Crippen LogP contribution in [0.5, 0.6) is 0 Å². The summed E-state index contributed by atoms with van der Waals surface area (Å²) in [6.07, 6.45) is 2.62. The van der Waals surface area contributed by atoms with Crippen LogP contribution in [0.25, 0.3) is 26.9 Å². The van der Waals surface area contributed by atoms with Crippen molar-refractivity contribution < 1.29 is 19.1 Å². The van der Waals surface area contributed by atoms with Gasteiger partial charge in [-0.2, -0.15) is 0 Å². The average Bonchev–Trinajstić information content (AvgIpc) is 3.85. The number of benzene rings is 2. The number of nitrogens with zero attached hydrogens (tertiary/aromatic N) is 8. The second-order valence-corrected chi connectivity index (χ2v) is 16.9. The van der Waals surface area contributed by atoms with Gasteiger partial charge in [0, 0.05) is 89.4 Å². The van der Waals surface area contributed by atoms with Crippen molar-refractivity contribution in [3.63, 3.8) is 0 Å². The summed E-state index contributed by atoms with van der Waals surface area (Å²) in [6.45, 7) is 11.7. The van der Waals surface area contributed by atoms with Gasteiger partial charge in [-0.3, -0.25) is 34.2 Å². The van der Waals surface area contributed by atoms with Crippen molar-refractivity contribution in [2.75, 3.05) is 57.4 Å². The molecule has 2 atom stereocenters. The van der Waals surface area contributed by atoms with E-state index in [9.17, 15) is 14.4 Å². The molecule has 3 aliphatic heterocycles. The Morgan fingerprint density at radius 1 is 1.00 bits per heavy atom. The van der Waals surface area contributed by atoms with Crippen molar-refractivity contribution in [2.45, 2.75) is 52.1 Å². The maximum Gasteiger partial charge on any atom is 0.249 e. The number of rotatable bonds is 11. The fraction of sp³-hybridized carbons (Fsp3) is 0.372. The Kier molecular flexibility index (Phi) is 10.8.